The Morgan fingerprint density at radius 2 is 1.83 bits per heavy atom. The van der Waals surface area contributed by atoms with Crippen molar-refractivity contribution in [3.63, 3.8) is 0 Å². The van der Waals surface area contributed by atoms with Crippen molar-refractivity contribution < 1.29 is 22.0 Å². The second kappa shape index (κ2) is 12.3. The first kappa shape index (κ1) is 29.2. The zero-order chi connectivity index (χ0) is 29.7. The summed E-state index contributed by atoms with van der Waals surface area (Å²) in [5.74, 6) is 0.934. The zero-order valence-corrected chi connectivity index (χ0v) is 24.5. The largest absolute Gasteiger partial charge is 0.486 e. The average Bonchev–Trinajstić information content (AvgIpc) is 3.48. The number of halogens is 1. The number of hydrogen-bond donors (Lipinski definition) is 2. The fourth-order valence-electron chi connectivity index (χ4n) is 4.73. The maximum absolute atomic E-state index is 14.9. The normalized spacial score (nSPS) is 13.1. The topological polar surface area (TPSA) is 106 Å². The molecule has 2 heterocycles. The van der Waals surface area contributed by atoms with Gasteiger partial charge >= 0.3 is 0 Å². The minimum absolute atomic E-state index is 0.0295. The lowest BCUT2D eigenvalue weighted by atomic mass is 9.90. The number of anilines is 2. The maximum Gasteiger partial charge on any atom is 0.167 e. The van der Waals surface area contributed by atoms with Crippen LogP contribution >= 0.6 is 0 Å². The number of nitrogens with zero attached hydrogens (tertiary/aromatic N) is 2. The van der Waals surface area contributed by atoms with Crippen LogP contribution in [0.3, 0.4) is 0 Å². The summed E-state index contributed by atoms with van der Waals surface area (Å²) in [6.45, 7) is 4.59. The molecule has 5 rings (SSSR count). The van der Waals surface area contributed by atoms with E-state index in [-0.39, 0.29) is 18.1 Å². The molecule has 0 saturated heterocycles. The van der Waals surface area contributed by atoms with Gasteiger partial charge in [-0.05, 0) is 54.8 Å². The van der Waals surface area contributed by atoms with Gasteiger partial charge in [-0.3, -0.25) is 0 Å². The number of furan rings is 1. The fourth-order valence-corrected chi connectivity index (χ4v) is 5.21. The molecule has 3 aromatic carbocycles. The van der Waals surface area contributed by atoms with E-state index in [4.69, 9.17) is 9.15 Å². The summed E-state index contributed by atoms with van der Waals surface area (Å²) in [5, 5.41) is 7.33. The third-order valence-corrected chi connectivity index (χ3v) is 8.19. The van der Waals surface area contributed by atoms with Gasteiger partial charge < -0.3 is 19.8 Å². The third kappa shape index (κ3) is 6.78. The Labute approximate surface area is 244 Å². The van der Waals surface area contributed by atoms with Crippen molar-refractivity contribution in [1.82, 2.24) is 15.3 Å². The molecule has 2 aromatic heterocycles. The molecule has 1 atom stereocenters. The molecule has 0 spiro atoms. The van der Waals surface area contributed by atoms with Crippen LogP contribution in [0.2, 0.25) is 0 Å². The molecule has 0 saturated carbocycles. The van der Waals surface area contributed by atoms with Crippen LogP contribution in [0.5, 0.6) is 5.75 Å². The van der Waals surface area contributed by atoms with Gasteiger partial charge in [0, 0.05) is 35.5 Å². The number of aromatic nitrogens is 2. The standard InChI is InChI=1S/C32H33FN4O4S/c1-4-32(2,36-15-17-42(3,38)39)30-25(14-16-40-30)23-10-12-28-26(18-23)31(35-21-34-28)37-24-11-13-29(27(33)19-24)41-20-22-8-6-5-7-9-22/h5-14,16,18-19,21,36H,4,15,17,20H2,1-3H3,(H,34,35,37). The van der Waals surface area contributed by atoms with Crippen molar-refractivity contribution in [3.05, 3.63) is 103 Å². The van der Waals surface area contributed by atoms with Crippen molar-refractivity contribution in [1.29, 1.82) is 0 Å². The van der Waals surface area contributed by atoms with Gasteiger partial charge in [-0.1, -0.05) is 43.3 Å². The number of hydrogen-bond acceptors (Lipinski definition) is 8. The number of rotatable bonds is 12. The maximum atomic E-state index is 14.9. The van der Waals surface area contributed by atoms with Crippen molar-refractivity contribution in [2.45, 2.75) is 32.4 Å². The monoisotopic (exact) mass is 588 g/mol. The first-order chi connectivity index (χ1) is 20.1. The van der Waals surface area contributed by atoms with Crippen LogP contribution in [0.1, 0.15) is 31.6 Å². The molecule has 0 aliphatic carbocycles. The number of benzene rings is 3. The summed E-state index contributed by atoms with van der Waals surface area (Å²) < 4.78 is 49.9. The predicted octanol–water partition coefficient (Wildman–Crippen LogP) is 6.61. The number of ether oxygens (including phenoxy) is 1. The van der Waals surface area contributed by atoms with E-state index in [1.165, 1.54) is 18.6 Å². The molecule has 2 N–H and O–H groups in total. The molecule has 218 valence electrons. The zero-order valence-electron chi connectivity index (χ0n) is 23.7. The van der Waals surface area contributed by atoms with Crippen molar-refractivity contribution in [3.8, 4) is 16.9 Å². The van der Waals surface area contributed by atoms with E-state index < -0.39 is 21.2 Å². The van der Waals surface area contributed by atoms with E-state index in [1.54, 1.807) is 18.4 Å². The predicted molar refractivity (Wildman–Crippen MR) is 163 cm³/mol. The molecular weight excluding hydrogens is 555 g/mol. The fraction of sp³-hybridized carbons (Fsp3) is 0.250. The van der Waals surface area contributed by atoms with Gasteiger partial charge in [0.1, 0.15) is 34.3 Å². The summed E-state index contributed by atoms with van der Waals surface area (Å²) in [7, 11) is -3.11. The number of fused-ring (bicyclic) bond motifs is 1. The molecule has 0 aliphatic heterocycles. The Balaban J connectivity index is 1.39. The lowest BCUT2D eigenvalue weighted by molar-refractivity contribution is 0.290. The van der Waals surface area contributed by atoms with E-state index in [9.17, 15) is 12.8 Å². The van der Waals surface area contributed by atoms with Gasteiger partial charge in [0.25, 0.3) is 0 Å². The Morgan fingerprint density at radius 3 is 2.57 bits per heavy atom. The van der Waals surface area contributed by atoms with Crippen LogP contribution < -0.4 is 15.4 Å². The van der Waals surface area contributed by atoms with Crippen molar-refractivity contribution in [2.75, 3.05) is 23.9 Å². The molecule has 1 unspecified atom stereocenters. The third-order valence-electron chi connectivity index (χ3n) is 7.24. The molecule has 10 heteroatoms. The number of sulfone groups is 1. The van der Waals surface area contributed by atoms with Crippen LogP contribution in [-0.2, 0) is 22.0 Å². The SMILES string of the molecule is CCC(C)(NCCS(C)(=O)=O)c1occc1-c1ccc2ncnc(Nc3ccc(OCc4ccccc4)c(F)c3)c2c1. The van der Waals surface area contributed by atoms with Gasteiger partial charge in [0.2, 0.25) is 0 Å². The molecule has 0 fully saturated rings. The van der Waals surface area contributed by atoms with Crippen molar-refractivity contribution in [2.24, 2.45) is 0 Å². The van der Waals surface area contributed by atoms with E-state index in [1.807, 2.05) is 68.4 Å². The Bertz CT molecular complexity index is 1790. The quantitative estimate of drug-likeness (QED) is 0.168. The summed E-state index contributed by atoms with van der Waals surface area (Å²) >= 11 is 0. The molecule has 5 aromatic rings. The van der Waals surface area contributed by atoms with E-state index in [2.05, 4.69) is 20.6 Å². The van der Waals surface area contributed by atoms with E-state index in [0.29, 0.717) is 35.7 Å². The van der Waals surface area contributed by atoms with Crippen LogP contribution in [0.4, 0.5) is 15.9 Å². The van der Waals surface area contributed by atoms with E-state index in [0.717, 1.165) is 22.1 Å². The highest BCUT2D eigenvalue weighted by molar-refractivity contribution is 7.90. The van der Waals surface area contributed by atoms with Crippen LogP contribution in [0.15, 0.2) is 89.8 Å². The summed E-state index contributed by atoms with van der Waals surface area (Å²) in [4.78, 5) is 8.84. The Kier molecular flexibility index (Phi) is 8.56. The van der Waals surface area contributed by atoms with Crippen LogP contribution in [0, 0.1) is 5.82 Å². The van der Waals surface area contributed by atoms with Gasteiger partial charge in [-0.25, -0.2) is 22.8 Å². The second-order valence-electron chi connectivity index (χ2n) is 10.4. The lowest BCUT2D eigenvalue weighted by Crippen LogP contribution is -2.41. The van der Waals surface area contributed by atoms with Crippen LogP contribution in [-0.4, -0.2) is 36.9 Å². The Hall–Kier alpha value is -4.28. The summed E-state index contributed by atoms with van der Waals surface area (Å²) in [6.07, 6.45) is 4.99. The first-order valence-electron chi connectivity index (χ1n) is 13.6. The van der Waals surface area contributed by atoms with Crippen molar-refractivity contribution >= 4 is 32.2 Å². The summed E-state index contributed by atoms with van der Waals surface area (Å²) in [6, 6.07) is 22.0. The molecule has 42 heavy (non-hydrogen) atoms. The molecule has 8 nitrogen and oxygen atoms in total. The minimum Gasteiger partial charge on any atom is -0.486 e. The molecule has 0 bridgehead atoms. The highest BCUT2D eigenvalue weighted by Gasteiger charge is 2.31. The van der Waals surface area contributed by atoms with Gasteiger partial charge in [0.15, 0.2) is 11.6 Å². The van der Waals surface area contributed by atoms with Gasteiger partial charge in [0.05, 0.1) is 23.1 Å². The summed E-state index contributed by atoms with van der Waals surface area (Å²) in [5.41, 5.74) is 3.34. The second-order valence-corrected chi connectivity index (χ2v) is 12.7. The molecule has 0 amide bonds. The van der Waals surface area contributed by atoms with E-state index >= 15 is 0 Å². The minimum atomic E-state index is -3.11. The average molecular weight is 589 g/mol. The van der Waals surface area contributed by atoms with Crippen LogP contribution in [0.25, 0.3) is 22.0 Å². The first-order valence-corrected chi connectivity index (χ1v) is 15.7. The van der Waals surface area contributed by atoms with Gasteiger partial charge in [-0.2, -0.15) is 0 Å². The molecule has 0 radical (unpaired) electrons. The molecule has 0 aliphatic rings. The Morgan fingerprint density at radius 1 is 1.02 bits per heavy atom. The smallest absolute Gasteiger partial charge is 0.167 e. The highest BCUT2D eigenvalue weighted by atomic mass is 32.2. The van der Waals surface area contributed by atoms with Gasteiger partial charge in [-0.15, -0.1) is 0 Å². The highest BCUT2D eigenvalue weighted by Crippen LogP contribution is 2.37. The number of nitrogens with one attached hydrogen (secondary N) is 2. The lowest BCUT2D eigenvalue weighted by Gasteiger charge is -2.29. The molecular formula is C32H33FN4O4S.